The minimum Gasteiger partial charge on any atom is -0.330 e. The van der Waals surface area contributed by atoms with Crippen LogP contribution in [-0.4, -0.2) is 16.1 Å². The Bertz CT molecular complexity index is 322. The molecule has 0 aliphatic heterocycles. The van der Waals surface area contributed by atoms with Gasteiger partial charge in [0.2, 0.25) is 0 Å². The molecule has 0 bridgehead atoms. The summed E-state index contributed by atoms with van der Waals surface area (Å²) in [5, 5.41) is 0. The first-order valence-corrected chi connectivity index (χ1v) is 6.68. The van der Waals surface area contributed by atoms with E-state index >= 15 is 0 Å². The molecule has 3 heteroatoms. The average molecular weight is 237 g/mol. The Morgan fingerprint density at radius 2 is 2.12 bits per heavy atom. The molecule has 0 radical (unpaired) electrons. The quantitative estimate of drug-likeness (QED) is 0.826. The third-order valence-electron chi connectivity index (χ3n) is 3.01. The standard InChI is InChI=1S/C14H27N3/c1-5-6-7-12(9-15)17-11-16-10-13(17)8-14(2,3)4/h10-12H,5-9,15H2,1-4H3. The highest BCUT2D eigenvalue weighted by Crippen LogP contribution is 2.23. The van der Waals surface area contributed by atoms with Crippen molar-refractivity contribution in [2.45, 2.75) is 59.4 Å². The van der Waals surface area contributed by atoms with Gasteiger partial charge in [-0.15, -0.1) is 0 Å². The van der Waals surface area contributed by atoms with Crippen molar-refractivity contribution >= 4 is 0 Å². The first-order valence-electron chi connectivity index (χ1n) is 6.68. The molecule has 0 saturated carbocycles. The summed E-state index contributed by atoms with van der Waals surface area (Å²) in [6.07, 6.45) is 8.58. The Morgan fingerprint density at radius 1 is 1.41 bits per heavy atom. The van der Waals surface area contributed by atoms with Crippen LogP contribution in [0.4, 0.5) is 0 Å². The molecule has 1 aromatic rings. The summed E-state index contributed by atoms with van der Waals surface area (Å²) in [6.45, 7) is 9.70. The summed E-state index contributed by atoms with van der Waals surface area (Å²) in [5.74, 6) is 0. The van der Waals surface area contributed by atoms with Crippen LogP contribution in [0.25, 0.3) is 0 Å². The van der Waals surface area contributed by atoms with Gasteiger partial charge in [-0.05, 0) is 18.3 Å². The fourth-order valence-electron chi connectivity index (χ4n) is 2.15. The van der Waals surface area contributed by atoms with Gasteiger partial charge in [-0.1, -0.05) is 40.5 Å². The Morgan fingerprint density at radius 3 is 2.65 bits per heavy atom. The van der Waals surface area contributed by atoms with Crippen molar-refractivity contribution in [3.8, 4) is 0 Å². The Labute approximate surface area is 105 Å². The highest BCUT2D eigenvalue weighted by molar-refractivity contribution is 5.03. The number of hydrogen-bond acceptors (Lipinski definition) is 2. The van der Waals surface area contributed by atoms with Gasteiger partial charge in [0.15, 0.2) is 0 Å². The maximum Gasteiger partial charge on any atom is 0.0951 e. The predicted octanol–water partition coefficient (Wildman–Crippen LogP) is 3.16. The monoisotopic (exact) mass is 237 g/mol. The van der Waals surface area contributed by atoms with Crippen LogP contribution >= 0.6 is 0 Å². The van der Waals surface area contributed by atoms with Crippen LogP contribution in [0, 0.1) is 5.41 Å². The molecule has 1 aromatic heterocycles. The highest BCUT2D eigenvalue weighted by atomic mass is 15.1. The lowest BCUT2D eigenvalue weighted by Crippen LogP contribution is -2.22. The Kier molecular flexibility index (Phi) is 5.19. The first-order chi connectivity index (χ1) is 7.98. The van der Waals surface area contributed by atoms with Crippen molar-refractivity contribution in [1.29, 1.82) is 0 Å². The number of nitrogens with zero attached hydrogens (tertiary/aromatic N) is 2. The van der Waals surface area contributed by atoms with Crippen molar-refractivity contribution in [3.05, 3.63) is 18.2 Å². The summed E-state index contributed by atoms with van der Waals surface area (Å²) >= 11 is 0. The zero-order valence-corrected chi connectivity index (χ0v) is 11.7. The minimum absolute atomic E-state index is 0.293. The fourth-order valence-corrected chi connectivity index (χ4v) is 2.15. The van der Waals surface area contributed by atoms with Crippen molar-refractivity contribution in [1.82, 2.24) is 9.55 Å². The molecule has 3 nitrogen and oxygen atoms in total. The van der Waals surface area contributed by atoms with E-state index in [-0.39, 0.29) is 0 Å². The molecule has 0 fully saturated rings. The van der Waals surface area contributed by atoms with Crippen molar-refractivity contribution in [2.75, 3.05) is 6.54 Å². The van der Waals surface area contributed by atoms with Crippen LogP contribution in [-0.2, 0) is 6.42 Å². The van der Waals surface area contributed by atoms with E-state index < -0.39 is 0 Å². The van der Waals surface area contributed by atoms with Crippen LogP contribution in [0.3, 0.4) is 0 Å². The molecular weight excluding hydrogens is 210 g/mol. The number of nitrogens with two attached hydrogens (primary N) is 1. The molecule has 1 unspecified atom stereocenters. The van der Waals surface area contributed by atoms with Crippen LogP contribution in [0.5, 0.6) is 0 Å². The predicted molar refractivity (Wildman–Crippen MR) is 73.0 cm³/mol. The van der Waals surface area contributed by atoms with Crippen LogP contribution in [0.1, 0.15) is 58.7 Å². The third-order valence-corrected chi connectivity index (χ3v) is 3.01. The van der Waals surface area contributed by atoms with Gasteiger partial charge in [-0.2, -0.15) is 0 Å². The lowest BCUT2D eigenvalue weighted by molar-refractivity contribution is 0.377. The van der Waals surface area contributed by atoms with E-state index in [1.807, 2.05) is 12.5 Å². The molecule has 0 aromatic carbocycles. The molecule has 2 N–H and O–H groups in total. The van der Waals surface area contributed by atoms with E-state index in [4.69, 9.17) is 5.73 Å². The molecule has 0 saturated heterocycles. The molecule has 1 rings (SSSR count). The topological polar surface area (TPSA) is 43.8 Å². The van der Waals surface area contributed by atoms with Crippen molar-refractivity contribution in [3.63, 3.8) is 0 Å². The molecule has 98 valence electrons. The van der Waals surface area contributed by atoms with Gasteiger partial charge in [0.05, 0.1) is 6.33 Å². The zero-order valence-electron chi connectivity index (χ0n) is 11.7. The lowest BCUT2D eigenvalue weighted by atomic mass is 9.90. The van der Waals surface area contributed by atoms with Gasteiger partial charge < -0.3 is 10.3 Å². The summed E-state index contributed by atoms with van der Waals surface area (Å²) in [7, 11) is 0. The number of rotatable bonds is 6. The second-order valence-corrected chi connectivity index (χ2v) is 6.06. The smallest absolute Gasteiger partial charge is 0.0951 e. The zero-order chi connectivity index (χ0) is 12.9. The second kappa shape index (κ2) is 6.20. The molecular formula is C14H27N3. The maximum atomic E-state index is 5.89. The van der Waals surface area contributed by atoms with E-state index in [2.05, 4.69) is 37.2 Å². The van der Waals surface area contributed by atoms with E-state index in [0.717, 1.165) is 12.8 Å². The number of unbranched alkanes of at least 4 members (excludes halogenated alkanes) is 1. The summed E-state index contributed by atoms with van der Waals surface area (Å²) in [6, 6.07) is 0.412. The van der Waals surface area contributed by atoms with Gasteiger partial charge in [0, 0.05) is 24.5 Å². The molecule has 0 amide bonds. The van der Waals surface area contributed by atoms with E-state index in [0.29, 0.717) is 18.0 Å². The normalized spacial score (nSPS) is 13.9. The van der Waals surface area contributed by atoms with Crippen LogP contribution < -0.4 is 5.73 Å². The Balaban J connectivity index is 2.78. The highest BCUT2D eigenvalue weighted by Gasteiger charge is 2.17. The van der Waals surface area contributed by atoms with Gasteiger partial charge in [-0.3, -0.25) is 0 Å². The second-order valence-electron chi connectivity index (χ2n) is 6.06. The molecule has 0 aliphatic carbocycles. The third kappa shape index (κ3) is 4.50. The van der Waals surface area contributed by atoms with Crippen LogP contribution in [0.15, 0.2) is 12.5 Å². The fraction of sp³-hybridized carbons (Fsp3) is 0.786. The minimum atomic E-state index is 0.293. The first kappa shape index (κ1) is 14.2. The van der Waals surface area contributed by atoms with Gasteiger partial charge in [0.1, 0.15) is 0 Å². The molecule has 1 heterocycles. The average Bonchev–Trinajstić information content (AvgIpc) is 2.65. The Hall–Kier alpha value is -0.830. The number of aromatic nitrogens is 2. The number of imidazole rings is 1. The van der Waals surface area contributed by atoms with Crippen LogP contribution in [0.2, 0.25) is 0 Å². The van der Waals surface area contributed by atoms with Crippen molar-refractivity contribution in [2.24, 2.45) is 11.1 Å². The summed E-state index contributed by atoms with van der Waals surface area (Å²) < 4.78 is 2.28. The van der Waals surface area contributed by atoms with E-state index in [9.17, 15) is 0 Å². The molecule has 1 atom stereocenters. The lowest BCUT2D eigenvalue weighted by Gasteiger charge is -2.23. The molecule has 17 heavy (non-hydrogen) atoms. The van der Waals surface area contributed by atoms with Gasteiger partial charge in [0.25, 0.3) is 0 Å². The molecule has 0 aliphatic rings. The van der Waals surface area contributed by atoms with Gasteiger partial charge in [-0.25, -0.2) is 4.98 Å². The number of hydrogen-bond donors (Lipinski definition) is 1. The SMILES string of the molecule is CCCCC(CN)n1cncc1CC(C)(C)C. The van der Waals surface area contributed by atoms with E-state index in [1.165, 1.54) is 18.5 Å². The van der Waals surface area contributed by atoms with Gasteiger partial charge >= 0.3 is 0 Å². The van der Waals surface area contributed by atoms with Crippen molar-refractivity contribution < 1.29 is 0 Å². The summed E-state index contributed by atoms with van der Waals surface area (Å²) in [5.41, 5.74) is 7.49. The maximum absolute atomic E-state index is 5.89. The summed E-state index contributed by atoms with van der Waals surface area (Å²) in [4.78, 5) is 4.29. The molecule has 0 spiro atoms. The largest absolute Gasteiger partial charge is 0.330 e. The van der Waals surface area contributed by atoms with E-state index in [1.54, 1.807) is 0 Å².